The van der Waals surface area contributed by atoms with Crippen molar-refractivity contribution < 1.29 is 19.4 Å². The molecule has 0 spiro atoms. The number of carboxylic acid groups (broad SMARTS) is 1. The maximum Gasteiger partial charge on any atom is 0.341 e. The summed E-state index contributed by atoms with van der Waals surface area (Å²) in [5.41, 5.74) is 1.48. The molecule has 2 aromatic rings. The number of aromatic nitrogens is 2. The molecule has 0 saturated carbocycles. The Labute approximate surface area is 149 Å². The third-order valence-corrected chi connectivity index (χ3v) is 3.87. The Morgan fingerprint density at radius 1 is 1.42 bits per heavy atom. The van der Waals surface area contributed by atoms with E-state index in [9.17, 15) is 9.90 Å². The maximum atomic E-state index is 11.5. The topological polar surface area (TPSA) is 73.6 Å². The average molecular weight is 371 g/mol. The van der Waals surface area contributed by atoms with Crippen molar-refractivity contribution in [3.63, 3.8) is 0 Å². The fourth-order valence-corrected chi connectivity index (χ4v) is 2.60. The molecule has 0 amide bonds. The zero-order chi connectivity index (χ0) is 17.9. The summed E-state index contributed by atoms with van der Waals surface area (Å²) in [6, 6.07) is 5.05. The van der Waals surface area contributed by atoms with E-state index in [1.807, 2.05) is 0 Å². The largest absolute Gasteiger partial charge is 0.503 e. The second-order valence-electron chi connectivity index (χ2n) is 4.98. The summed E-state index contributed by atoms with van der Waals surface area (Å²) in [6.45, 7) is 1.85. The lowest BCUT2D eigenvalue weighted by molar-refractivity contribution is -0.130. The highest BCUT2D eigenvalue weighted by atomic mass is 35.5. The van der Waals surface area contributed by atoms with Crippen LogP contribution in [-0.2, 0) is 23.2 Å². The molecule has 1 heterocycles. The number of rotatable bonds is 6. The van der Waals surface area contributed by atoms with E-state index in [1.165, 1.54) is 11.8 Å². The van der Waals surface area contributed by atoms with Crippen LogP contribution < -0.4 is 4.74 Å². The zero-order valence-corrected chi connectivity index (χ0v) is 14.9. The van der Waals surface area contributed by atoms with E-state index in [4.69, 9.17) is 32.7 Å². The molecule has 8 heteroatoms. The number of aliphatic carboxylic acids is 1. The quantitative estimate of drug-likeness (QED) is 0.619. The van der Waals surface area contributed by atoms with Crippen LogP contribution in [-0.4, -0.2) is 28.0 Å². The summed E-state index contributed by atoms with van der Waals surface area (Å²) in [7, 11) is 3.01. The zero-order valence-electron chi connectivity index (χ0n) is 13.3. The number of carbonyl (C=O) groups is 1. The molecule has 1 N–H and O–H groups in total. The number of methoxy groups -OCH3 is 1. The van der Waals surface area contributed by atoms with Crippen LogP contribution >= 0.6 is 23.2 Å². The molecule has 128 valence electrons. The molecule has 2 rings (SSSR count). The van der Waals surface area contributed by atoms with Crippen molar-refractivity contribution in [3.8, 4) is 5.75 Å². The highest BCUT2D eigenvalue weighted by molar-refractivity contribution is 6.33. The minimum Gasteiger partial charge on any atom is -0.503 e. The molecule has 24 heavy (non-hydrogen) atoms. The van der Waals surface area contributed by atoms with Crippen molar-refractivity contribution in [1.82, 2.24) is 9.78 Å². The minimum atomic E-state index is -1.15. The van der Waals surface area contributed by atoms with E-state index in [0.717, 1.165) is 6.26 Å². The maximum absolute atomic E-state index is 11.5. The van der Waals surface area contributed by atoms with Crippen LogP contribution in [0.4, 0.5) is 0 Å². The first-order valence-electron chi connectivity index (χ1n) is 6.92. The first kappa shape index (κ1) is 18.2. The van der Waals surface area contributed by atoms with Gasteiger partial charge in [0.05, 0.1) is 13.4 Å². The standard InChI is InChI=1S/C16H16Cl2N2O4/c1-9-15(24-7-10-6-11(17)4-5-13(10)18)14(20(2)19-9)12(8-23-3)16(21)22/h4-6,8H,7H2,1-3H3,(H,21,22). The van der Waals surface area contributed by atoms with E-state index in [0.29, 0.717) is 32.7 Å². The van der Waals surface area contributed by atoms with Gasteiger partial charge >= 0.3 is 5.97 Å². The summed E-state index contributed by atoms with van der Waals surface area (Å²) in [6.07, 6.45) is 1.14. The monoisotopic (exact) mass is 370 g/mol. The average Bonchev–Trinajstić information content (AvgIpc) is 2.79. The van der Waals surface area contributed by atoms with Crippen molar-refractivity contribution in [3.05, 3.63) is 51.5 Å². The Morgan fingerprint density at radius 2 is 2.12 bits per heavy atom. The van der Waals surface area contributed by atoms with Crippen molar-refractivity contribution in [2.75, 3.05) is 7.11 Å². The van der Waals surface area contributed by atoms with Crippen molar-refractivity contribution >= 4 is 34.7 Å². The lowest BCUT2D eigenvalue weighted by Gasteiger charge is -2.11. The Kier molecular flexibility index (Phi) is 5.75. The summed E-state index contributed by atoms with van der Waals surface area (Å²) in [4.78, 5) is 11.5. The van der Waals surface area contributed by atoms with Crippen LogP contribution in [0.5, 0.6) is 5.75 Å². The molecule has 0 fully saturated rings. The molecule has 1 aromatic carbocycles. The van der Waals surface area contributed by atoms with Crippen LogP contribution in [0, 0.1) is 6.92 Å². The van der Waals surface area contributed by atoms with Gasteiger partial charge in [-0.05, 0) is 25.1 Å². The second-order valence-corrected chi connectivity index (χ2v) is 5.83. The molecule has 0 aliphatic heterocycles. The van der Waals surface area contributed by atoms with Gasteiger partial charge in [0.25, 0.3) is 0 Å². The SMILES string of the molecule is COC=C(C(=O)O)c1c(OCc2cc(Cl)ccc2Cl)c(C)nn1C. The summed E-state index contributed by atoms with van der Waals surface area (Å²) >= 11 is 12.1. The number of nitrogens with zero attached hydrogens (tertiary/aromatic N) is 2. The van der Waals surface area contributed by atoms with Crippen molar-refractivity contribution in [2.24, 2.45) is 7.05 Å². The number of ether oxygens (including phenoxy) is 2. The van der Waals surface area contributed by atoms with E-state index >= 15 is 0 Å². The van der Waals surface area contributed by atoms with E-state index in [2.05, 4.69) is 5.10 Å². The Hall–Kier alpha value is -2.18. The number of benzene rings is 1. The fourth-order valence-electron chi connectivity index (χ4n) is 2.24. The molecule has 0 aliphatic rings. The second kappa shape index (κ2) is 7.59. The summed E-state index contributed by atoms with van der Waals surface area (Å²) < 4.78 is 12.1. The normalized spacial score (nSPS) is 11.5. The molecule has 0 atom stereocenters. The van der Waals surface area contributed by atoms with Crippen LogP contribution in [0.25, 0.3) is 5.57 Å². The lowest BCUT2D eigenvalue weighted by Crippen LogP contribution is -2.08. The van der Waals surface area contributed by atoms with Gasteiger partial charge < -0.3 is 14.6 Å². The van der Waals surface area contributed by atoms with Gasteiger partial charge in [0.15, 0.2) is 5.75 Å². The Balaban J connectivity index is 2.39. The van der Waals surface area contributed by atoms with Gasteiger partial charge in [-0.1, -0.05) is 23.2 Å². The highest BCUT2D eigenvalue weighted by Crippen LogP contribution is 2.31. The van der Waals surface area contributed by atoms with Crippen LogP contribution in [0.2, 0.25) is 10.0 Å². The van der Waals surface area contributed by atoms with Gasteiger partial charge in [-0.3, -0.25) is 4.68 Å². The highest BCUT2D eigenvalue weighted by Gasteiger charge is 2.24. The minimum absolute atomic E-state index is 0.0622. The Morgan fingerprint density at radius 3 is 2.75 bits per heavy atom. The predicted octanol–water partition coefficient (Wildman–Crippen LogP) is 3.69. The number of hydrogen-bond acceptors (Lipinski definition) is 4. The number of aryl methyl sites for hydroxylation is 2. The molecular formula is C16H16Cl2N2O4. The van der Waals surface area contributed by atoms with Crippen LogP contribution in [0.3, 0.4) is 0 Å². The first-order chi connectivity index (χ1) is 11.3. The summed E-state index contributed by atoms with van der Waals surface area (Å²) in [5, 5.41) is 14.7. The number of carboxylic acids is 1. The van der Waals surface area contributed by atoms with Crippen LogP contribution in [0.15, 0.2) is 24.5 Å². The summed E-state index contributed by atoms with van der Waals surface area (Å²) in [5.74, 6) is -0.801. The van der Waals surface area contributed by atoms with Gasteiger partial charge in [-0.25, -0.2) is 4.79 Å². The van der Waals surface area contributed by atoms with Gasteiger partial charge in [-0.2, -0.15) is 5.10 Å². The number of halogens is 2. The molecule has 6 nitrogen and oxygen atoms in total. The molecule has 0 radical (unpaired) electrons. The van der Waals surface area contributed by atoms with E-state index in [-0.39, 0.29) is 12.2 Å². The number of hydrogen-bond donors (Lipinski definition) is 1. The van der Waals surface area contributed by atoms with Crippen molar-refractivity contribution in [2.45, 2.75) is 13.5 Å². The Bertz CT molecular complexity index is 800. The lowest BCUT2D eigenvalue weighted by atomic mass is 10.1. The molecule has 0 saturated heterocycles. The van der Waals surface area contributed by atoms with Gasteiger partial charge in [-0.15, -0.1) is 0 Å². The smallest absolute Gasteiger partial charge is 0.341 e. The molecule has 0 bridgehead atoms. The fraction of sp³-hybridized carbons (Fsp3) is 0.250. The van der Waals surface area contributed by atoms with Gasteiger partial charge in [0.1, 0.15) is 23.6 Å². The third-order valence-electron chi connectivity index (χ3n) is 3.27. The molecular weight excluding hydrogens is 355 g/mol. The van der Waals surface area contributed by atoms with E-state index in [1.54, 1.807) is 32.2 Å². The van der Waals surface area contributed by atoms with E-state index < -0.39 is 5.97 Å². The third kappa shape index (κ3) is 3.83. The first-order valence-corrected chi connectivity index (χ1v) is 7.67. The van der Waals surface area contributed by atoms with Gasteiger partial charge in [0.2, 0.25) is 0 Å². The predicted molar refractivity (Wildman–Crippen MR) is 91.4 cm³/mol. The molecule has 0 unspecified atom stereocenters. The van der Waals surface area contributed by atoms with Crippen LogP contribution in [0.1, 0.15) is 17.0 Å². The van der Waals surface area contributed by atoms with Crippen molar-refractivity contribution in [1.29, 1.82) is 0 Å². The molecule has 0 aliphatic carbocycles. The van der Waals surface area contributed by atoms with Gasteiger partial charge in [0, 0.05) is 22.7 Å². The molecule has 1 aromatic heterocycles.